The Morgan fingerprint density at radius 1 is 0.677 bits per heavy atom. The summed E-state index contributed by atoms with van der Waals surface area (Å²) in [4.78, 5) is 25.2. The van der Waals surface area contributed by atoms with Gasteiger partial charge in [0.15, 0.2) is 0 Å². The predicted octanol–water partition coefficient (Wildman–Crippen LogP) is 6.57. The van der Waals surface area contributed by atoms with Crippen LogP contribution in [0.4, 0.5) is 0 Å². The number of carbonyl (C=O) groups excluding carboxylic acids is 2. The van der Waals surface area contributed by atoms with Gasteiger partial charge in [-0.05, 0) is 59.4 Å². The highest BCUT2D eigenvalue weighted by atomic mass is 35.5. The van der Waals surface area contributed by atoms with Crippen LogP contribution in [0.2, 0.25) is 5.02 Å². The van der Waals surface area contributed by atoms with E-state index in [1.807, 2.05) is 42.5 Å². The van der Waals surface area contributed by atoms with Crippen molar-refractivity contribution in [2.75, 3.05) is 13.2 Å². The monoisotopic (exact) mass is 432 g/mol. The molecule has 4 nitrogen and oxygen atoms in total. The Morgan fingerprint density at radius 3 is 1.61 bits per heavy atom. The maximum atomic E-state index is 12.6. The molecule has 0 N–H and O–H groups in total. The van der Waals surface area contributed by atoms with Crippen LogP contribution in [0, 0.1) is 0 Å². The van der Waals surface area contributed by atoms with E-state index in [9.17, 15) is 9.59 Å². The van der Waals surface area contributed by atoms with Crippen molar-refractivity contribution in [2.45, 2.75) is 13.8 Å². The predicted molar refractivity (Wildman–Crippen MR) is 122 cm³/mol. The molecule has 0 aromatic carbocycles. The Balaban J connectivity index is 1.91. The van der Waals surface area contributed by atoms with Crippen molar-refractivity contribution in [3.63, 3.8) is 0 Å². The SMILES string of the molecule is CCOC(=O)c1c2ccc(-c3cc4cccccc-4c3)ccc-2c(C(=O)OCC)c1Cl. The minimum absolute atomic E-state index is 0.0613. The maximum Gasteiger partial charge on any atom is 0.340 e. The summed E-state index contributed by atoms with van der Waals surface area (Å²) in [5.74, 6) is -1.13. The second-order valence-electron chi connectivity index (χ2n) is 7.02. The molecule has 31 heavy (non-hydrogen) atoms. The van der Waals surface area contributed by atoms with Crippen molar-refractivity contribution in [1.82, 2.24) is 0 Å². The smallest absolute Gasteiger partial charge is 0.340 e. The third kappa shape index (κ3) is 3.87. The van der Waals surface area contributed by atoms with Gasteiger partial charge in [-0.15, -0.1) is 0 Å². The summed E-state index contributed by atoms with van der Waals surface area (Å²) in [6, 6.07) is 21.8. The zero-order valence-corrected chi connectivity index (χ0v) is 18.0. The molecule has 5 heteroatoms. The second-order valence-corrected chi connectivity index (χ2v) is 7.40. The Kier molecular flexibility index (Phi) is 5.92. The van der Waals surface area contributed by atoms with Crippen LogP contribution >= 0.6 is 11.6 Å². The van der Waals surface area contributed by atoms with Crippen LogP contribution in [0.1, 0.15) is 34.6 Å². The minimum atomic E-state index is -0.563. The van der Waals surface area contributed by atoms with Crippen molar-refractivity contribution in [2.24, 2.45) is 0 Å². The van der Waals surface area contributed by atoms with Gasteiger partial charge in [-0.3, -0.25) is 0 Å². The molecule has 0 spiro atoms. The highest BCUT2D eigenvalue weighted by Crippen LogP contribution is 2.42. The molecule has 0 heterocycles. The molecule has 0 aromatic rings. The molecule has 0 aliphatic heterocycles. The number of hydrogen-bond acceptors (Lipinski definition) is 4. The highest BCUT2D eigenvalue weighted by Gasteiger charge is 2.31. The molecule has 4 rings (SSSR count). The van der Waals surface area contributed by atoms with Crippen LogP contribution in [-0.2, 0) is 9.47 Å². The number of fused-ring (bicyclic) bond motifs is 2. The number of esters is 2. The molecule has 0 atom stereocenters. The largest absolute Gasteiger partial charge is 0.462 e. The standard InChI is InChI=1S/C26H21ClO4/c1-3-30-25(28)22-20-12-10-16(19-14-17-8-6-5-7-9-18(17)15-19)11-13-21(20)23(24(22)27)26(29)31-4-2/h5-15H,3-4H2,1-2H3. The highest BCUT2D eigenvalue weighted by molar-refractivity contribution is 6.39. The molecule has 0 radical (unpaired) electrons. The lowest BCUT2D eigenvalue weighted by molar-refractivity contribution is 0.0525. The van der Waals surface area contributed by atoms with Crippen LogP contribution in [0.5, 0.6) is 0 Å². The first-order valence-corrected chi connectivity index (χ1v) is 10.5. The fourth-order valence-corrected chi connectivity index (χ4v) is 4.12. The Labute approximate surface area is 186 Å². The number of ether oxygens (including phenoxy) is 2. The van der Waals surface area contributed by atoms with Crippen LogP contribution in [0.3, 0.4) is 0 Å². The molecule has 0 fully saturated rings. The first-order chi connectivity index (χ1) is 15.0. The van der Waals surface area contributed by atoms with Crippen molar-refractivity contribution in [3.05, 3.63) is 82.9 Å². The zero-order valence-electron chi connectivity index (χ0n) is 17.3. The van der Waals surface area contributed by atoms with Gasteiger partial charge < -0.3 is 9.47 Å². The first-order valence-electron chi connectivity index (χ1n) is 10.1. The molecular formula is C26H21ClO4. The minimum Gasteiger partial charge on any atom is -0.462 e. The fraction of sp³-hybridized carbons (Fsp3) is 0.154. The molecule has 0 amide bonds. The van der Waals surface area contributed by atoms with Gasteiger partial charge in [0.05, 0.1) is 29.4 Å². The van der Waals surface area contributed by atoms with Crippen LogP contribution in [0.15, 0.2) is 66.7 Å². The molecule has 156 valence electrons. The van der Waals surface area contributed by atoms with Crippen molar-refractivity contribution in [3.8, 4) is 33.4 Å². The van der Waals surface area contributed by atoms with E-state index >= 15 is 0 Å². The third-order valence-corrected chi connectivity index (χ3v) is 5.53. The van der Waals surface area contributed by atoms with Crippen LogP contribution < -0.4 is 0 Å². The van der Waals surface area contributed by atoms with Gasteiger partial charge in [-0.1, -0.05) is 66.2 Å². The van der Waals surface area contributed by atoms with Gasteiger partial charge in [-0.25, -0.2) is 9.59 Å². The quantitative estimate of drug-likeness (QED) is 0.334. The third-order valence-electron chi connectivity index (χ3n) is 5.15. The summed E-state index contributed by atoms with van der Waals surface area (Å²) in [7, 11) is 0. The lowest BCUT2D eigenvalue weighted by Gasteiger charge is -2.02. The van der Waals surface area contributed by atoms with Crippen LogP contribution in [-0.4, -0.2) is 25.2 Å². The molecule has 4 aliphatic rings. The van der Waals surface area contributed by atoms with E-state index in [1.165, 1.54) is 0 Å². The van der Waals surface area contributed by atoms with Gasteiger partial charge in [0.1, 0.15) is 0 Å². The first kappa shape index (κ1) is 20.9. The van der Waals surface area contributed by atoms with Crippen molar-refractivity contribution >= 4 is 23.5 Å². The fourth-order valence-electron chi connectivity index (χ4n) is 3.76. The summed E-state index contributed by atoms with van der Waals surface area (Å²) in [5.41, 5.74) is 5.74. The molecule has 4 aliphatic carbocycles. The lowest BCUT2D eigenvalue weighted by Crippen LogP contribution is -2.06. The molecule has 0 bridgehead atoms. The van der Waals surface area contributed by atoms with Gasteiger partial charge >= 0.3 is 11.9 Å². The van der Waals surface area contributed by atoms with E-state index in [2.05, 4.69) is 24.3 Å². The van der Waals surface area contributed by atoms with E-state index in [1.54, 1.807) is 13.8 Å². The molecule has 0 saturated heterocycles. The average Bonchev–Trinajstić information content (AvgIpc) is 3.07. The summed E-state index contributed by atoms with van der Waals surface area (Å²) in [6.45, 7) is 3.86. The molecule has 0 unspecified atom stereocenters. The van der Waals surface area contributed by atoms with E-state index in [4.69, 9.17) is 21.1 Å². The summed E-state index contributed by atoms with van der Waals surface area (Å²) < 4.78 is 10.4. The van der Waals surface area contributed by atoms with Gasteiger partial charge in [0.25, 0.3) is 0 Å². The Hall–Kier alpha value is -3.37. The maximum absolute atomic E-state index is 12.6. The van der Waals surface area contributed by atoms with E-state index in [0.717, 1.165) is 22.3 Å². The van der Waals surface area contributed by atoms with Gasteiger partial charge in [0, 0.05) is 0 Å². The molecule has 0 saturated carbocycles. The lowest BCUT2D eigenvalue weighted by atomic mass is 10.1. The number of hydrogen-bond donors (Lipinski definition) is 0. The number of halogens is 1. The van der Waals surface area contributed by atoms with E-state index < -0.39 is 11.9 Å². The topological polar surface area (TPSA) is 52.6 Å². The molecular weight excluding hydrogens is 412 g/mol. The summed E-state index contributed by atoms with van der Waals surface area (Å²) in [6.07, 6.45) is 0. The van der Waals surface area contributed by atoms with Crippen molar-refractivity contribution < 1.29 is 19.1 Å². The Bertz CT molecular complexity index is 1130. The normalized spacial score (nSPS) is 10.9. The Morgan fingerprint density at radius 2 is 1.16 bits per heavy atom. The summed E-state index contributed by atoms with van der Waals surface area (Å²) in [5, 5.41) is 0.0613. The molecule has 0 aromatic heterocycles. The van der Waals surface area contributed by atoms with Gasteiger partial charge in [-0.2, -0.15) is 0 Å². The zero-order chi connectivity index (χ0) is 22.0. The van der Waals surface area contributed by atoms with E-state index in [0.29, 0.717) is 11.1 Å². The van der Waals surface area contributed by atoms with E-state index in [-0.39, 0.29) is 29.4 Å². The van der Waals surface area contributed by atoms with Gasteiger partial charge in [0.2, 0.25) is 0 Å². The second kappa shape index (κ2) is 8.78. The van der Waals surface area contributed by atoms with Crippen LogP contribution in [0.25, 0.3) is 33.4 Å². The number of rotatable bonds is 5. The summed E-state index contributed by atoms with van der Waals surface area (Å²) >= 11 is 6.48. The average molecular weight is 433 g/mol. The number of carbonyl (C=O) groups is 2. The van der Waals surface area contributed by atoms with Crippen molar-refractivity contribution in [1.29, 1.82) is 0 Å².